The number of hydrogen-bond acceptors (Lipinski definition) is 2. The van der Waals surface area contributed by atoms with Gasteiger partial charge in [-0.05, 0) is 52.9 Å². The van der Waals surface area contributed by atoms with E-state index in [2.05, 4.69) is 27.6 Å². The third kappa shape index (κ3) is 3.48. The summed E-state index contributed by atoms with van der Waals surface area (Å²) in [6.45, 7) is 0.664. The van der Waals surface area contributed by atoms with Crippen molar-refractivity contribution in [3.63, 3.8) is 0 Å². The Hall–Kier alpha value is -1.10. The fourth-order valence-electron chi connectivity index (χ4n) is 1.38. The molecule has 3 heteroatoms. The van der Waals surface area contributed by atoms with Gasteiger partial charge in [0.05, 0.1) is 6.61 Å². The van der Waals surface area contributed by atoms with Crippen LogP contribution >= 0.6 is 22.6 Å². The summed E-state index contributed by atoms with van der Waals surface area (Å²) in [5, 5.41) is 0. The van der Waals surface area contributed by atoms with Gasteiger partial charge < -0.3 is 4.74 Å². The molecule has 0 atom stereocenters. The van der Waals surface area contributed by atoms with Crippen molar-refractivity contribution in [1.29, 1.82) is 0 Å². The Morgan fingerprint density at radius 3 is 2.81 bits per heavy atom. The van der Waals surface area contributed by atoms with E-state index >= 15 is 0 Å². The molecule has 0 fully saturated rings. The molecule has 1 heterocycles. The van der Waals surface area contributed by atoms with Crippen LogP contribution in [0.3, 0.4) is 0 Å². The lowest BCUT2D eigenvalue weighted by atomic mass is 10.3. The number of benzene rings is 1. The highest BCUT2D eigenvalue weighted by Crippen LogP contribution is 2.14. The predicted octanol–water partition coefficient (Wildman–Crippen LogP) is 3.31. The minimum atomic E-state index is 0.664. The maximum absolute atomic E-state index is 5.65. The predicted molar refractivity (Wildman–Crippen MR) is 72.6 cm³/mol. The van der Waals surface area contributed by atoms with E-state index in [1.807, 2.05) is 42.5 Å². The molecule has 0 unspecified atom stereocenters. The summed E-state index contributed by atoms with van der Waals surface area (Å²) in [7, 11) is 0. The number of pyridine rings is 1. The van der Waals surface area contributed by atoms with Crippen molar-refractivity contribution < 1.29 is 4.74 Å². The molecule has 0 radical (unpaired) electrons. The minimum absolute atomic E-state index is 0.664. The Morgan fingerprint density at radius 2 is 2.06 bits per heavy atom. The van der Waals surface area contributed by atoms with Crippen LogP contribution in [-0.4, -0.2) is 11.6 Å². The minimum Gasteiger partial charge on any atom is -0.493 e. The van der Waals surface area contributed by atoms with Crippen molar-refractivity contribution in [3.8, 4) is 5.75 Å². The second kappa shape index (κ2) is 5.84. The average Bonchev–Trinajstić information content (AvgIpc) is 2.30. The average molecular weight is 325 g/mol. The van der Waals surface area contributed by atoms with Gasteiger partial charge >= 0.3 is 0 Å². The monoisotopic (exact) mass is 325 g/mol. The smallest absolute Gasteiger partial charge is 0.120 e. The third-order valence-electron chi connectivity index (χ3n) is 2.15. The van der Waals surface area contributed by atoms with Crippen LogP contribution in [0, 0.1) is 3.57 Å². The van der Waals surface area contributed by atoms with Gasteiger partial charge in [-0.3, -0.25) is 4.98 Å². The lowest BCUT2D eigenvalue weighted by molar-refractivity contribution is 0.320. The maximum Gasteiger partial charge on any atom is 0.120 e. The summed E-state index contributed by atoms with van der Waals surface area (Å²) in [6.07, 6.45) is 2.65. The molecule has 16 heavy (non-hydrogen) atoms. The molecule has 0 aliphatic carbocycles. The molecule has 0 N–H and O–H groups in total. The maximum atomic E-state index is 5.65. The number of nitrogens with zero attached hydrogens (tertiary/aromatic N) is 1. The lowest BCUT2D eigenvalue weighted by Gasteiger charge is -2.05. The van der Waals surface area contributed by atoms with Crippen molar-refractivity contribution in [1.82, 2.24) is 4.98 Å². The Labute approximate surface area is 109 Å². The standard InChI is InChI=1S/C13H12INO/c14-11-4-3-6-13(10-11)16-9-7-12-5-1-2-8-15-12/h1-6,8,10H,7,9H2. The van der Waals surface area contributed by atoms with Crippen LogP contribution in [0.2, 0.25) is 0 Å². The van der Waals surface area contributed by atoms with Gasteiger partial charge in [-0.2, -0.15) is 0 Å². The molecule has 2 nitrogen and oxygen atoms in total. The van der Waals surface area contributed by atoms with Crippen LogP contribution in [0.5, 0.6) is 5.75 Å². The molecule has 0 saturated heterocycles. The molecule has 82 valence electrons. The molecule has 0 bridgehead atoms. The molecule has 2 aromatic rings. The summed E-state index contributed by atoms with van der Waals surface area (Å²) < 4.78 is 6.83. The van der Waals surface area contributed by atoms with Crippen LogP contribution < -0.4 is 4.74 Å². The zero-order chi connectivity index (χ0) is 11.2. The quantitative estimate of drug-likeness (QED) is 0.805. The first-order valence-electron chi connectivity index (χ1n) is 5.13. The Kier molecular flexibility index (Phi) is 4.16. The largest absolute Gasteiger partial charge is 0.493 e. The number of ether oxygens (including phenoxy) is 1. The molecule has 0 spiro atoms. The first-order valence-corrected chi connectivity index (χ1v) is 6.21. The molecule has 0 saturated carbocycles. The van der Waals surface area contributed by atoms with E-state index in [9.17, 15) is 0 Å². The van der Waals surface area contributed by atoms with Gasteiger partial charge in [0.1, 0.15) is 5.75 Å². The van der Waals surface area contributed by atoms with Crippen LogP contribution in [0.1, 0.15) is 5.69 Å². The summed E-state index contributed by atoms with van der Waals surface area (Å²) in [5.41, 5.74) is 1.06. The van der Waals surface area contributed by atoms with E-state index in [0.29, 0.717) is 6.61 Å². The molecular weight excluding hydrogens is 313 g/mol. The van der Waals surface area contributed by atoms with Crippen molar-refractivity contribution >= 4 is 22.6 Å². The molecule has 2 rings (SSSR count). The van der Waals surface area contributed by atoms with Gasteiger partial charge in [-0.15, -0.1) is 0 Å². The van der Waals surface area contributed by atoms with Gasteiger partial charge in [0, 0.05) is 21.9 Å². The topological polar surface area (TPSA) is 22.1 Å². The third-order valence-corrected chi connectivity index (χ3v) is 2.82. The van der Waals surface area contributed by atoms with Crippen molar-refractivity contribution in [3.05, 3.63) is 57.9 Å². The molecule has 1 aromatic heterocycles. The molecule has 0 aliphatic rings. The summed E-state index contributed by atoms with van der Waals surface area (Å²) in [6, 6.07) is 14.0. The van der Waals surface area contributed by atoms with Crippen molar-refractivity contribution in [2.24, 2.45) is 0 Å². The fraction of sp³-hybridized carbons (Fsp3) is 0.154. The van der Waals surface area contributed by atoms with Crippen LogP contribution in [0.25, 0.3) is 0 Å². The van der Waals surface area contributed by atoms with Crippen LogP contribution in [-0.2, 0) is 6.42 Å². The molecule has 0 aliphatic heterocycles. The van der Waals surface area contributed by atoms with E-state index in [4.69, 9.17) is 4.74 Å². The van der Waals surface area contributed by atoms with Crippen LogP contribution in [0.4, 0.5) is 0 Å². The van der Waals surface area contributed by atoms with Gasteiger partial charge in [0.2, 0.25) is 0 Å². The highest BCUT2D eigenvalue weighted by atomic mass is 127. The zero-order valence-corrected chi connectivity index (χ0v) is 10.9. The normalized spacial score (nSPS) is 10.1. The van der Waals surface area contributed by atoms with E-state index in [-0.39, 0.29) is 0 Å². The van der Waals surface area contributed by atoms with E-state index in [0.717, 1.165) is 17.9 Å². The van der Waals surface area contributed by atoms with Crippen molar-refractivity contribution in [2.75, 3.05) is 6.61 Å². The van der Waals surface area contributed by atoms with Gasteiger partial charge in [0.15, 0.2) is 0 Å². The highest BCUT2D eigenvalue weighted by molar-refractivity contribution is 14.1. The van der Waals surface area contributed by atoms with E-state index in [1.165, 1.54) is 3.57 Å². The summed E-state index contributed by atoms with van der Waals surface area (Å²) in [5.74, 6) is 0.919. The van der Waals surface area contributed by atoms with Crippen molar-refractivity contribution in [2.45, 2.75) is 6.42 Å². The van der Waals surface area contributed by atoms with Gasteiger partial charge in [0.25, 0.3) is 0 Å². The number of halogens is 1. The summed E-state index contributed by atoms with van der Waals surface area (Å²) in [4.78, 5) is 4.25. The Bertz CT molecular complexity index is 445. The van der Waals surface area contributed by atoms with E-state index in [1.54, 1.807) is 6.20 Å². The number of aromatic nitrogens is 1. The second-order valence-electron chi connectivity index (χ2n) is 3.38. The SMILES string of the molecule is Ic1cccc(OCCc2ccccn2)c1. The second-order valence-corrected chi connectivity index (χ2v) is 4.62. The van der Waals surface area contributed by atoms with Gasteiger partial charge in [-0.1, -0.05) is 12.1 Å². The number of rotatable bonds is 4. The Morgan fingerprint density at radius 1 is 1.12 bits per heavy atom. The number of hydrogen-bond donors (Lipinski definition) is 0. The fourth-order valence-corrected chi connectivity index (χ4v) is 1.89. The van der Waals surface area contributed by atoms with E-state index < -0.39 is 0 Å². The zero-order valence-electron chi connectivity index (χ0n) is 8.77. The molecule has 0 amide bonds. The molecular formula is C13H12INO. The molecule has 1 aromatic carbocycles. The highest BCUT2D eigenvalue weighted by Gasteiger charge is 1.96. The van der Waals surface area contributed by atoms with Gasteiger partial charge in [-0.25, -0.2) is 0 Å². The lowest BCUT2D eigenvalue weighted by Crippen LogP contribution is -2.02. The Balaban J connectivity index is 1.85. The first kappa shape index (κ1) is 11.4. The summed E-state index contributed by atoms with van der Waals surface area (Å²) >= 11 is 2.28. The van der Waals surface area contributed by atoms with Crippen LogP contribution in [0.15, 0.2) is 48.7 Å². The first-order chi connectivity index (χ1) is 7.84.